The second kappa shape index (κ2) is 8.12. The van der Waals surface area contributed by atoms with Crippen LogP contribution in [0.4, 0.5) is 15.9 Å². The smallest absolute Gasteiger partial charge is 0.270 e. The number of carbonyl (C=O) groups excluding carboxylic acids is 1. The van der Waals surface area contributed by atoms with Gasteiger partial charge < -0.3 is 10.6 Å². The van der Waals surface area contributed by atoms with E-state index in [1.807, 2.05) is 0 Å². The number of nitrogens with zero attached hydrogens (tertiary/aromatic N) is 2. The number of hydrogen-bond donors (Lipinski definition) is 2. The minimum atomic E-state index is -0.444. The Bertz CT molecular complexity index is 952. The van der Waals surface area contributed by atoms with Crippen LogP contribution in [0, 0.1) is 5.82 Å². The standard InChI is InChI=1S/C18H13Cl2FN4O/c19-12-5-6-15(13(20)7-12)25-17-8-16(23-10-24-17)18(26)22-9-11-3-1-2-4-14(11)21/h1-8,10H,9H2,(H,22,26)(H,23,24,25). The van der Waals surface area contributed by atoms with Gasteiger partial charge >= 0.3 is 0 Å². The highest BCUT2D eigenvalue weighted by atomic mass is 35.5. The number of hydrogen-bond acceptors (Lipinski definition) is 4. The highest BCUT2D eigenvalue weighted by Gasteiger charge is 2.11. The topological polar surface area (TPSA) is 66.9 Å². The molecule has 0 bridgehead atoms. The first kappa shape index (κ1) is 18.1. The first-order valence-electron chi connectivity index (χ1n) is 7.58. The third-order valence-electron chi connectivity index (χ3n) is 3.49. The van der Waals surface area contributed by atoms with Gasteiger partial charge in [-0.05, 0) is 24.3 Å². The molecule has 5 nitrogen and oxygen atoms in total. The molecule has 3 rings (SSSR count). The van der Waals surface area contributed by atoms with E-state index >= 15 is 0 Å². The predicted molar refractivity (Wildman–Crippen MR) is 99.3 cm³/mol. The molecule has 132 valence electrons. The number of anilines is 2. The van der Waals surface area contributed by atoms with Gasteiger partial charge in [0, 0.05) is 23.2 Å². The van der Waals surface area contributed by atoms with Gasteiger partial charge in [0.25, 0.3) is 5.91 Å². The van der Waals surface area contributed by atoms with E-state index < -0.39 is 5.91 Å². The summed E-state index contributed by atoms with van der Waals surface area (Å²) in [5, 5.41) is 6.55. The fourth-order valence-corrected chi connectivity index (χ4v) is 2.64. The highest BCUT2D eigenvalue weighted by Crippen LogP contribution is 2.27. The Labute approximate surface area is 159 Å². The van der Waals surface area contributed by atoms with Crippen molar-refractivity contribution < 1.29 is 9.18 Å². The second-order valence-electron chi connectivity index (χ2n) is 5.31. The third-order valence-corrected chi connectivity index (χ3v) is 4.04. The molecule has 0 aliphatic heterocycles. The molecule has 1 aromatic heterocycles. The van der Waals surface area contributed by atoms with Gasteiger partial charge in [0.05, 0.1) is 10.7 Å². The summed E-state index contributed by atoms with van der Waals surface area (Å²) in [6.45, 7) is 0.0568. The van der Waals surface area contributed by atoms with Crippen LogP contribution >= 0.6 is 23.2 Å². The molecule has 1 heterocycles. The van der Waals surface area contributed by atoms with E-state index in [2.05, 4.69) is 20.6 Å². The van der Waals surface area contributed by atoms with Gasteiger partial charge in [0.2, 0.25) is 0 Å². The van der Waals surface area contributed by atoms with Crippen molar-refractivity contribution in [3.63, 3.8) is 0 Å². The van der Waals surface area contributed by atoms with Crippen LogP contribution in [0.15, 0.2) is 54.9 Å². The Morgan fingerprint density at radius 3 is 2.65 bits per heavy atom. The number of rotatable bonds is 5. The summed E-state index contributed by atoms with van der Waals surface area (Å²) in [5.41, 5.74) is 1.12. The number of aromatic nitrogens is 2. The van der Waals surface area contributed by atoms with Crippen molar-refractivity contribution in [3.05, 3.63) is 82.0 Å². The molecule has 0 aliphatic rings. The van der Waals surface area contributed by atoms with Crippen LogP contribution in [0.25, 0.3) is 0 Å². The summed E-state index contributed by atoms with van der Waals surface area (Å²) in [5.74, 6) is -0.434. The first-order valence-corrected chi connectivity index (χ1v) is 8.34. The van der Waals surface area contributed by atoms with Crippen molar-refractivity contribution in [3.8, 4) is 0 Å². The number of halogens is 3. The van der Waals surface area contributed by atoms with Crippen molar-refractivity contribution in [1.82, 2.24) is 15.3 Å². The first-order chi connectivity index (χ1) is 12.5. The maximum Gasteiger partial charge on any atom is 0.270 e. The van der Waals surface area contributed by atoms with E-state index in [0.29, 0.717) is 27.1 Å². The van der Waals surface area contributed by atoms with Gasteiger partial charge in [-0.1, -0.05) is 41.4 Å². The predicted octanol–water partition coefficient (Wildman–Crippen LogP) is 4.60. The zero-order valence-electron chi connectivity index (χ0n) is 13.3. The molecule has 0 radical (unpaired) electrons. The summed E-state index contributed by atoms with van der Waals surface area (Å²) in [7, 11) is 0. The van der Waals surface area contributed by atoms with E-state index in [0.717, 1.165) is 0 Å². The maximum absolute atomic E-state index is 13.6. The molecule has 3 aromatic rings. The van der Waals surface area contributed by atoms with Gasteiger partial charge in [-0.25, -0.2) is 14.4 Å². The molecule has 2 aromatic carbocycles. The third kappa shape index (κ3) is 4.47. The normalized spacial score (nSPS) is 10.4. The Balaban J connectivity index is 1.70. The molecular weight excluding hydrogens is 378 g/mol. The van der Waals surface area contributed by atoms with Crippen LogP contribution < -0.4 is 10.6 Å². The van der Waals surface area contributed by atoms with Crippen molar-refractivity contribution >= 4 is 40.6 Å². The quantitative estimate of drug-likeness (QED) is 0.668. The Morgan fingerprint density at radius 1 is 1.08 bits per heavy atom. The number of amides is 1. The van der Waals surface area contributed by atoms with Crippen LogP contribution in [0.5, 0.6) is 0 Å². The van der Waals surface area contributed by atoms with Crippen LogP contribution in [0.3, 0.4) is 0 Å². The molecular formula is C18H13Cl2FN4O. The fourth-order valence-electron chi connectivity index (χ4n) is 2.19. The van der Waals surface area contributed by atoms with Crippen LogP contribution in [0.2, 0.25) is 10.0 Å². The van der Waals surface area contributed by atoms with Crippen LogP contribution in [0.1, 0.15) is 16.1 Å². The van der Waals surface area contributed by atoms with Crippen LogP contribution in [-0.4, -0.2) is 15.9 Å². The average molecular weight is 391 g/mol. The van der Waals surface area contributed by atoms with Crippen LogP contribution in [-0.2, 0) is 6.54 Å². The van der Waals surface area contributed by atoms with E-state index in [-0.39, 0.29) is 18.1 Å². The molecule has 2 N–H and O–H groups in total. The molecule has 0 atom stereocenters. The molecule has 1 amide bonds. The van der Waals surface area contributed by atoms with E-state index in [4.69, 9.17) is 23.2 Å². The van der Waals surface area contributed by atoms with E-state index in [9.17, 15) is 9.18 Å². The number of nitrogens with one attached hydrogen (secondary N) is 2. The minimum absolute atomic E-state index is 0.0568. The number of benzene rings is 2. The summed E-state index contributed by atoms with van der Waals surface area (Å²) in [6.07, 6.45) is 1.25. The lowest BCUT2D eigenvalue weighted by molar-refractivity contribution is 0.0945. The maximum atomic E-state index is 13.6. The Kier molecular flexibility index (Phi) is 5.65. The minimum Gasteiger partial charge on any atom is -0.347 e. The van der Waals surface area contributed by atoms with Gasteiger partial charge in [-0.3, -0.25) is 4.79 Å². The Morgan fingerprint density at radius 2 is 1.88 bits per heavy atom. The highest BCUT2D eigenvalue weighted by molar-refractivity contribution is 6.36. The van der Waals surface area contributed by atoms with Gasteiger partial charge in [0.15, 0.2) is 0 Å². The summed E-state index contributed by atoms with van der Waals surface area (Å²) in [4.78, 5) is 20.3. The fraction of sp³-hybridized carbons (Fsp3) is 0.0556. The zero-order chi connectivity index (χ0) is 18.5. The second-order valence-corrected chi connectivity index (χ2v) is 6.16. The molecule has 0 saturated carbocycles. The average Bonchev–Trinajstić information content (AvgIpc) is 2.63. The largest absolute Gasteiger partial charge is 0.347 e. The SMILES string of the molecule is O=C(NCc1ccccc1F)c1cc(Nc2ccc(Cl)cc2Cl)ncn1. The summed E-state index contributed by atoms with van der Waals surface area (Å²) >= 11 is 12.0. The molecule has 0 saturated heterocycles. The monoisotopic (exact) mass is 390 g/mol. The van der Waals surface area contributed by atoms with Crippen molar-refractivity contribution in [1.29, 1.82) is 0 Å². The zero-order valence-corrected chi connectivity index (χ0v) is 14.9. The molecule has 8 heteroatoms. The molecule has 0 spiro atoms. The molecule has 0 fully saturated rings. The summed E-state index contributed by atoms with van der Waals surface area (Å²) < 4.78 is 13.6. The molecule has 26 heavy (non-hydrogen) atoms. The summed E-state index contributed by atoms with van der Waals surface area (Å²) in [6, 6.07) is 12.7. The lowest BCUT2D eigenvalue weighted by atomic mass is 10.2. The lowest BCUT2D eigenvalue weighted by Crippen LogP contribution is -2.24. The molecule has 0 unspecified atom stereocenters. The molecule has 0 aliphatic carbocycles. The van der Waals surface area contributed by atoms with Gasteiger partial charge in [0.1, 0.15) is 23.7 Å². The van der Waals surface area contributed by atoms with Crippen molar-refractivity contribution in [2.24, 2.45) is 0 Å². The van der Waals surface area contributed by atoms with Crippen molar-refractivity contribution in [2.75, 3.05) is 5.32 Å². The van der Waals surface area contributed by atoms with Gasteiger partial charge in [-0.2, -0.15) is 0 Å². The van der Waals surface area contributed by atoms with E-state index in [1.54, 1.807) is 36.4 Å². The van der Waals surface area contributed by atoms with Crippen molar-refractivity contribution in [2.45, 2.75) is 6.54 Å². The lowest BCUT2D eigenvalue weighted by Gasteiger charge is -2.09. The number of carbonyl (C=O) groups is 1. The van der Waals surface area contributed by atoms with Gasteiger partial charge in [-0.15, -0.1) is 0 Å². The Hall–Kier alpha value is -2.70. The van der Waals surface area contributed by atoms with E-state index in [1.165, 1.54) is 18.5 Å².